The minimum Gasteiger partial charge on any atom is -0.435 e. The monoisotopic (exact) mass is 401 g/mol. The fourth-order valence-corrected chi connectivity index (χ4v) is 2.86. The molecule has 0 N–H and O–H groups in total. The highest BCUT2D eigenvalue weighted by Gasteiger charge is 2.20. The number of aryl methyl sites for hydroxylation is 1. The van der Waals surface area contributed by atoms with Gasteiger partial charge in [0.05, 0.1) is 16.6 Å². The number of hydrogen-bond acceptors (Lipinski definition) is 4. The third kappa shape index (κ3) is 3.42. The lowest BCUT2D eigenvalue weighted by Crippen LogP contribution is -2.15. The van der Waals surface area contributed by atoms with Gasteiger partial charge in [0.25, 0.3) is 5.56 Å². The molecular weight excluding hydrogens is 390 g/mol. The first-order valence-corrected chi connectivity index (χ1v) is 8.31. The quantitative estimate of drug-likeness (QED) is 0.477. The third-order valence-electron chi connectivity index (χ3n) is 4.15. The molecule has 0 radical (unpaired) electrons. The molecule has 2 aromatic heterocycles. The lowest BCUT2D eigenvalue weighted by atomic mass is 10.0. The Balaban J connectivity index is 1.85. The van der Waals surface area contributed by atoms with Gasteiger partial charge in [0.1, 0.15) is 23.8 Å². The van der Waals surface area contributed by atoms with E-state index >= 15 is 0 Å². The standard InChI is InChI=1S/C20H11F4N3O2/c1-10-2-4-16(12(22)6-10)29-17-5-3-15-19(20(28)25-9-27(15)26-17)18-13(23)7-11(21)8-14(18)24/h2-9H,1H3. The van der Waals surface area contributed by atoms with Crippen LogP contribution in [0.25, 0.3) is 16.6 Å². The Hall–Kier alpha value is -3.75. The summed E-state index contributed by atoms with van der Waals surface area (Å²) in [5.74, 6) is -4.34. The topological polar surface area (TPSA) is 56.5 Å². The Bertz CT molecular complexity index is 1300. The second-order valence-electron chi connectivity index (χ2n) is 6.21. The second-order valence-corrected chi connectivity index (χ2v) is 6.21. The van der Waals surface area contributed by atoms with Gasteiger partial charge in [-0.15, -0.1) is 5.10 Å². The summed E-state index contributed by atoms with van der Waals surface area (Å²) in [7, 11) is 0. The number of fused-ring (bicyclic) bond motifs is 1. The maximum Gasteiger partial charge on any atom is 0.281 e. The van der Waals surface area contributed by atoms with E-state index in [9.17, 15) is 22.4 Å². The Morgan fingerprint density at radius 1 is 0.897 bits per heavy atom. The zero-order chi connectivity index (χ0) is 20.7. The van der Waals surface area contributed by atoms with Crippen LogP contribution in [0.3, 0.4) is 0 Å². The Morgan fingerprint density at radius 3 is 2.31 bits per heavy atom. The zero-order valence-electron chi connectivity index (χ0n) is 14.8. The van der Waals surface area contributed by atoms with Crippen molar-refractivity contribution in [2.75, 3.05) is 0 Å². The van der Waals surface area contributed by atoms with Crippen molar-refractivity contribution in [2.24, 2.45) is 0 Å². The fourth-order valence-electron chi connectivity index (χ4n) is 2.86. The minimum absolute atomic E-state index is 0.00568. The van der Waals surface area contributed by atoms with Crippen LogP contribution in [0.2, 0.25) is 0 Å². The van der Waals surface area contributed by atoms with Crippen molar-refractivity contribution in [3.63, 3.8) is 0 Å². The van der Waals surface area contributed by atoms with Crippen LogP contribution in [0.5, 0.6) is 11.6 Å². The summed E-state index contributed by atoms with van der Waals surface area (Å²) in [6.45, 7) is 1.72. The summed E-state index contributed by atoms with van der Waals surface area (Å²) in [4.78, 5) is 15.8. The van der Waals surface area contributed by atoms with E-state index in [2.05, 4.69) is 10.1 Å². The number of benzene rings is 2. The highest BCUT2D eigenvalue weighted by molar-refractivity contribution is 5.79. The maximum atomic E-state index is 14.2. The van der Waals surface area contributed by atoms with Gasteiger partial charge in [0.2, 0.25) is 5.88 Å². The van der Waals surface area contributed by atoms with E-state index in [1.165, 1.54) is 24.3 Å². The molecule has 0 amide bonds. The highest BCUT2D eigenvalue weighted by atomic mass is 19.1. The maximum absolute atomic E-state index is 14.2. The molecule has 0 aliphatic heterocycles. The molecule has 4 rings (SSSR count). The summed E-state index contributed by atoms with van der Waals surface area (Å²) in [5.41, 5.74) is -1.36. The van der Waals surface area contributed by atoms with Crippen LogP contribution in [0, 0.1) is 30.2 Å². The van der Waals surface area contributed by atoms with E-state index in [4.69, 9.17) is 4.74 Å². The molecule has 5 nitrogen and oxygen atoms in total. The van der Waals surface area contributed by atoms with Crippen molar-refractivity contribution < 1.29 is 22.3 Å². The summed E-state index contributed by atoms with van der Waals surface area (Å²) in [6, 6.07) is 7.91. The van der Waals surface area contributed by atoms with Gasteiger partial charge in [0.15, 0.2) is 11.6 Å². The summed E-state index contributed by atoms with van der Waals surface area (Å²) < 4.78 is 62.1. The van der Waals surface area contributed by atoms with Crippen molar-refractivity contribution in [3.05, 3.63) is 88.0 Å². The fraction of sp³-hybridized carbons (Fsp3) is 0.0500. The summed E-state index contributed by atoms with van der Waals surface area (Å²) in [5, 5.41) is 4.05. The second kappa shape index (κ2) is 7.01. The lowest BCUT2D eigenvalue weighted by molar-refractivity contribution is 0.419. The molecule has 0 saturated carbocycles. The van der Waals surface area contributed by atoms with E-state index in [0.717, 1.165) is 10.8 Å². The molecule has 0 spiro atoms. The largest absolute Gasteiger partial charge is 0.435 e. The number of nitrogens with zero attached hydrogens (tertiary/aromatic N) is 3. The molecule has 2 heterocycles. The van der Waals surface area contributed by atoms with Crippen LogP contribution >= 0.6 is 0 Å². The SMILES string of the molecule is Cc1ccc(Oc2ccc3c(-c4c(F)cc(F)cc4F)c(=O)ncn3n2)c(F)c1. The average molecular weight is 401 g/mol. The van der Waals surface area contributed by atoms with Crippen molar-refractivity contribution in [1.29, 1.82) is 0 Å². The predicted octanol–water partition coefficient (Wildman–Crippen LogP) is 4.41. The molecule has 0 fully saturated rings. The van der Waals surface area contributed by atoms with Gasteiger partial charge in [-0.25, -0.2) is 22.1 Å². The van der Waals surface area contributed by atoms with E-state index in [-0.39, 0.29) is 17.1 Å². The average Bonchev–Trinajstić information content (AvgIpc) is 2.65. The first kappa shape index (κ1) is 18.6. The number of rotatable bonds is 3. The number of ether oxygens (including phenoxy) is 1. The molecule has 0 atom stereocenters. The van der Waals surface area contributed by atoms with Crippen molar-refractivity contribution >= 4 is 5.52 Å². The normalized spacial score (nSPS) is 11.1. The molecule has 0 bridgehead atoms. The zero-order valence-corrected chi connectivity index (χ0v) is 14.8. The molecule has 0 saturated heterocycles. The number of aromatic nitrogens is 3. The van der Waals surface area contributed by atoms with E-state index in [0.29, 0.717) is 17.7 Å². The number of hydrogen-bond donors (Lipinski definition) is 0. The first-order chi connectivity index (χ1) is 13.8. The van der Waals surface area contributed by atoms with Crippen LogP contribution in [0.15, 0.2) is 53.6 Å². The molecule has 0 aliphatic carbocycles. The molecule has 9 heteroatoms. The molecule has 29 heavy (non-hydrogen) atoms. The van der Waals surface area contributed by atoms with Gasteiger partial charge in [-0.3, -0.25) is 4.79 Å². The molecule has 146 valence electrons. The minimum atomic E-state index is -1.25. The van der Waals surface area contributed by atoms with Gasteiger partial charge in [0, 0.05) is 18.2 Å². The molecule has 0 aliphatic rings. The molecular formula is C20H11F4N3O2. The van der Waals surface area contributed by atoms with Crippen LogP contribution < -0.4 is 10.3 Å². The van der Waals surface area contributed by atoms with Gasteiger partial charge in [-0.1, -0.05) is 6.07 Å². The van der Waals surface area contributed by atoms with Crippen LogP contribution in [-0.4, -0.2) is 14.6 Å². The van der Waals surface area contributed by atoms with Crippen molar-refractivity contribution in [2.45, 2.75) is 6.92 Å². The Morgan fingerprint density at radius 2 is 1.62 bits per heavy atom. The summed E-state index contributed by atoms with van der Waals surface area (Å²) in [6.07, 6.45) is 1.03. The predicted molar refractivity (Wildman–Crippen MR) is 95.8 cm³/mol. The van der Waals surface area contributed by atoms with Gasteiger partial charge in [-0.05, 0) is 30.7 Å². The lowest BCUT2D eigenvalue weighted by Gasteiger charge is -2.11. The first-order valence-electron chi connectivity index (χ1n) is 8.31. The Kier molecular flexibility index (Phi) is 4.50. The van der Waals surface area contributed by atoms with Gasteiger partial charge >= 0.3 is 0 Å². The van der Waals surface area contributed by atoms with Crippen LogP contribution in [0.4, 0.5) is 17.6 Å². The number of halogens is 4. The van der Waals surface area contributed by atoms with Gasteiger partial charge < -0.3 is 4.74 Å². The van der Waals surface area contributed by atoms with E-state index in [1.807, 2.05) is 0 Å². The van der Waals surface area contributed by atoms with Gasteiger partial charge in [-0.2, -0.15) is 4.98 Å². The van der Waals surface area contributed by atoms with Crippen LogP contribution in [0.1, 0.15) is 5.56 Å². The van der Waals surface area contributed by atoms with Crippen molar-refractivity contribution in [3.8, 4) is 22.8 Å². The van der Waals surface area contributed by atoms with E-state index in [1.54, 1.807) is 13.0 Å². The third-order valence-corrected chi connectivity index (χ3v) is 4.15. The van der Waals surface area contributed by atoms with Crippen LogP contribution in [-0.2, 0) is 0 Å². The van der Waals surface area contributed by atoms with Crippen molar-refractivity contribution in [1.82, 2.24) is 14.6 Å². The smallest absolute Gasteiger partial charge is 0.281 e. The Labute approximate surface area is 160 Å². The molecule has 2 aromatic carbocycles. The molecule has 4 aromatic rings. The molecule has 0 unspecified atom stereocenters. The highest BCUT2D eigenvalue weighted by Crippen LogP contribution is 2.29. The summed E-state index contributed by atoms with van der Waals surface area (Å²) >= 11 is 0. The van der Waals surface area contributed by atoms with E-state index < -0.39 is 40.0 Å².